The summed E-state index contributed by atoms with van der Waals surface area (Å²) < 4.78 is 0. The van der Waals surface area contributed by atoms with Gasteiger partial charge in [-0.15, -0.1) is 0 Å². The van der Waals surface area contributed by atoms with Gasteiger partial charge in [0.15, 0.2) is 0 Å². The monoisotopic (exact) mass is 300 g/mol. The third-order valence-corrected chi connectivity index (χ3v) is 4.06. The number of hydrogen-bond donors (Lipinski definition) is 3. The van der Waals surface area contributed by atoms with E-state index < -0.39 is 11.6 Å². The van der Waals surface area contributed by atoms with E-state index in [0.29, 0.717) is 26.1 Å². The van der Waals surface area contributed by atoms with E-state index in [9.17, 15) is 14.7 Å². The Balaban J connectivity index is 2.31. The summed E-state index contributed by atoms with van der Waals surface area (Å²) in [6, 6.07) is -0.149. The lowest BCUT2D eigenvalue weighted by atomic mass is 9.84. The Hall–Kier alpha value is -1.30. The standard InChI is InChI=1S/C15H28N2O4/c1-14(2,7-5-12(18)19)8-9-16-13(20)17-10-4-6-15(3,21)11-17/h21H,4-11H2,1-3H3,(H,16,20)(H,18,19). The molecule has 1 unspecified atom stereocenters. The number of amides is 2. The maximum atomic E-state index is 12.0. The van der Waals surface area contributed by atoms with Crippen LogP contribution in [0.1, 0.15) is 52.9 Å². The van der Waals surface area contributed by atoms with Crippen LogP contribution in [-0.2, 0) is 4.79 Å². The summed E-state index contributed by atoms with van der Waals surface area (Å²) in [5, 5.41) is 21.6. The van der Waals surface area contributed by atoms with Crippen molar-refractivity contribution in [2.75, 3.05) is 19.6 Å². The number of likely N-dealkylation sites (tertiary alicyclic amines) is 1. The third kappa shape index (κ3) is 6.80. The number of carbonyl (C=O) groups excluding carboxylic acids is 1. The summed E-state index contributed by atoms with van der Waals surface area (Å²) >= 11 is 0. The molecule has 3 N–H and O–H groups in total. The molecule has 1 aliphatic heterocycles. The van der Waals surface area contributed by atoms with Gasteiger partial charge in [0.2, 0.25) is 0 Å². The van der Waals surface area contributed by atoms with Crippen LogP contribution in [-0.4, -0.2) is 52.3 Å². The van der Waals surface area contributed by atoms with Crippen molar-refractivity contribution in [3.05, 3.63) is 0 Å². The van der Waals surface area contributed by atoms with Crippen molar-refractivity contribution >= 4 is 12.0 Å². The first-order valence-electron chi connectivity index (χ1n) is 7.58. The zero-order valence-corrected chi connectivity index (χ0v) is 13.3. The van der Waals surface area contributed by atoms with Crippen LogP contribution in [0.25, 0.3) is 0 Å². The van der Waals surface area contributed by atoms with E-state index in [2.05, 4.69) is 5.32 Å². The van der Waals surface area contributed by atoms with Gasteiger partial charge in [-0.2, -0.15) is 0 Å². The molecule has 0 bridgehead atoms. The van der Waals surface area contributed by atoms with Gasteiger partial charge in [-0.3, -0.25) is 4.79 Å². The number of carboxylic acids is 1. The van der Waals surface area contributed by atoms with E-state index in [1.165, 1.54) is 0 Å². The summed E-state index contributed by atoms with van der Waals surface area (Å²) in [4.78, 5) is 24.3. The number of nitrogens with zero attached hydrogens (tertiary/aromatic N) is 1. The minimum atomic E-state index is -0.795. The van der Waals surface area contributed by atoms with Crippen molar-refractivity contribution in [2.45, 2.75) is 58.5 Å². The van der Waals surface area contributed by atoms with Gasteiger partial charge in [-0.1, -0.05) is 13.8 Å². The van der Waals surface area contributed by atoms with Crippen molar-refractivity contribution in [3.63, 3.8) is 0 Å². The summed E-state index contributed by atoms with van der Waals surface area (Å²) in [5.74, 6) is -0.789. The molecule has 1 aliphatic rings. The highest BCUT2D eigenvalue weighted by Gasteiger charge is 2.31. The van der Waals surface area contributed by atoms with Crippen LogP contribution in [0.3, 0.4) is 0 Å². The van der Waals surface area contributed by atoms with Crippen molar-refractivity contribution in [2.24, 2.45) is 5.41 Å². The minimum Gasteiger partial charge on any atom is -0.481 e. The van der Waals surface area contributed by atoms with Crippen LogP contribution in [0.4, 0.5) is 4.79 Å². The van der Waals surface area contributed by atoms with E-state index in [-0.39, 0.29) is 17.9 Å². The van der Waals surface area contributed by atoms with Crippen LogP contribution in [0.15, 0.2) is 0 Å². The second kappa shape index (κ2) is 7.11. The first-order valence-corrected chi connectivity index (χ1v) is 7.58. The fraction of sp³-hybridized carbons (Fsp3) is 0.867. The maximum absolute atomic E-state index is 12.0. The van der Waals surface area contributed by atoms with Gasteiger partial charge in [0.05, 0.1) is 12.1 Å². The van der Waals surface area contributed by atoms with Crippen LogP contribution >= 0.6 is 0 Å². The highest BCUT2D eigenvalue weighted by atomic mass is 16.4. The van der Waals surface area contributed by atoms with Crippen LogP contribution in [0, 0.1) is 5.41 Å². The summed E-state index contributed by atoms with van der Waals surface area (Å²) in [7, 11) is 0. The van der Waals surface area contributed by atoms with Crippen LogP contribution < -0.4 is 5.32 Å². The third-order valence-electron chi connectivity index (χ3n) is 4.06. The average Bonchev–Trinajstić information content (AvgIpc) is 2.35. The topological polar surface area (TPSA) is 89.9 Å². The lowest BCUT2D eigenvalue weighted by Crippen LogP contribution is -2.52. The molecule has 2 amide bonds. The van der Waals surface area contributed by atoms with Crippen molar-refractivity contribution in [3.8, 4) is 0 Å². The summed E-state index contributed by atoms with van der Waals surface area (Å²) in [6.07, 6.45) is 3.01. The first-order chi connectivity index (χ1) is 9.61. The number of nitrogens with one attached hydrogen (secondary N) is 1. The molecule has 21 heavy (non-hydrogen) atoms. The number of aliphatic hydroxyl groups is 1. The van der Waals surface area contributed by atoms with Gasteiger partial charge in [-0.25, -0.2) is 4.79 Å². The average molecular weight is 300 g/mol. The highest BCUT2D eigenvalue weighted by molar-refractivity contribution is 5.74. The molecular formula is C15H28N2O4. The number of carbonyl (C=O) groups is 2. The molecule has 1 saturated heterocycles. The molecular weight excluding hydrogens is 272 g/mol. The van der Waals surface area contributed by atoms with Crippen molar-refractivity contribution < 1.29 is 19.8 Å². The summed E-state index contributed by atoms with van der Waals surface area (Å²) in [6.45, 7) is 7.32. The zero-order valence-electron chi connectivity index (χ0n) is 13.3. The quantitative estimate of drug-likeness (QED) is 0.698. The van der Waals surface area contributed by atoms with Gasteiger partial charge in [0.1, 0.15) is 0 Å². The maximum Gasteiger partial charge on any atom is 0.317 e. The second-order valence-electron chi connectivity index (χ2n) is 7.06. The number of aliphatic carboxylic acids is 1. The highest BCUT2D eigenvalue weighted by Crippen LogP contribution is 2.26. The molecule has 0 saturated carbocycles. The van der Waals surface area contributed by atoms with Gasteiger partial charge in [0.25, 0.3) is 0 Å². The van der Waals surface area contributed by atoms with E-state index in [0.717, 1.165) is 19.3 Å². The number of rotatable bonds is 6. The lowest BCUT2D eigenvalue weighted by Gasteiger charge is -2.37. The molecule has 0 aliphatic carbocycles. The first kappa shape index (κ1) is 17.8. The smallest absolute Gasteiger partial charge is 0.317 e. The Kier molecular flexibility index (Phi) is 6.01. The minimum absolute atomic E-state index is 0.112. The predicted octanol–water partition coefficient (Wildman–Crippen LogP) is 1.82. The Labute approximate surface area is 126 Å². The molecule has 0 spiro atoms. The Morgan fingerprint density at radius 2 is 2.00 bits per heavy atom. The van der Waals surface area contributed by atoms with Gasteiger partial charge < -0.3 is 20.4 Å². The van der Waals surface area contributed by atoms with Crippen molar-refractivity contribution in [1.82, 2.24) is 10.2 Å². The van der Waals surface area contributed by atoms with E-state index in [1.54, 1.807) is 11.8 Å². The second-order valence-corrected chi connectivity index (χ2v) is 7.06. The fourth-order valence-electron chi connectivity index (χ4n) is 2.58. The molecule has 6 heteroatoms. The molecule has 1 atom stereocenters. The number of carboxylic acid groups (broad SMARTS) is 1. The number of urea groups is 1. The van der Waals surface area contributed by atoms with Crippen LogP contribution in [0.2, 0.25) is 0 Å². The predicted molar refractivity (Wildman–Crippen MR) is 80.1 cm³/mol. The summed E-state index contributed by atoms with van der Waals surface area (Å²) in [5.41, 5.74) is -0.907. The van der Waals surface area contributed by atoms with E-state index >= 15 is 0 Å². The SMILES string of the molecule is CC(C)(CCNC(=O)N1CCCC(C)(O)C1)CCC(=O)O. The Morgan fingerprint density at radius 3 is 2.57 bits per heavy atom. The zero-order chi connectivity index (χ0) is 16.1. The van der Waals surface area contributed by atoms with Gasteiger partial charge >= 0.3 is 12.0 Å². The lowest BCUT2D eigenvalue weighted by molar-refractivity contribution is -0.137. The number of piperidine rings is 1. The molecule has 0 aromatic rings. The Bertz CT molecular complexity index is 380. The molecule has 1 fully saturated rings. The molecule has 0 aromatic heterocycles. The molecule has 1 heterocycles. The molecule has 122 valence electrons. The van der Waals surface area contributed by atoms with Gasteiger partial charge in [0, 0.05) is 19.5 Å². The number of hydrogen-bond acceptors (Lipinski definition) is 3. The Morgan fingerprint density at radius 1 is 1.33 bits per heavy atom. The van der Waals surface area contributed by atoms with E-state index in [4.69, 9.17) is 5.11 Å². The fourth-order valence-corrected chi connectivity index (χ4v) is 2.58. The van der Waals surface area contributed by atoms with Crippen LogP contribution in [0.5, 0.6) is 0 Å². The molecule has 0 aromatic carbocycles. The molecule has 0 radical (unpaired) electrons. The largest absolute Gasteiger partial charge is 0.481 e. The molecule has 1 rings (SSSR count). The van der Waals surface area contributed by atoms with E-state index in [1.807, 2.05) is 13.8 Å². The van der Waals surface area contributed by atoms with Gasteiger partial charge in [-0.05, 0) is 38.0 Å². The molecule has 6 nitrogen and oxygen atoms in total. The van der Waals surface area contributed by atoms with Crippen molar-refractivity contribution in [1.29, 1.82) is 0 Å². The number of β-amino-alcohol motifs (C(OH)–C–C–N with tert-alkyl or cyclic N) is 1. The normalized spacial score (nSPS) is 23.0.